The number of benzene rings is 1. The smallest absolute Gasteiger partial charge is 0.248 e. The molecule has 5 heteroatoms. The average molecular weight is 317 g/mol. The summed E-state index contributed by atoms with van der Waals surface area (Å²) in [6.45, 7) is 6.03. The number of morpholine rings is 1. The fraction of sp³-hybridized carbons (Fsp3) is 0.611. The molecule has 5 nitrogen and oxygen atoms in total. The van der Waals surface area contributed by atoms with Gasteiger partial charge < -0.3 is 19.9 Å². The van der Waals surface area contributed by atoms with Crippen LogP contribution in [-0.2, 0) is 9.53 Å². The number of nitrogens with zero attached hydrogens (tertiary/aromatic N) is 2. The van der Waals surface area contributed by atoms with E-state index in [-0.39, 0.29) is 18.6 Å². The Morgan fingerprint density at radius 3 is 2.57 bits per heavy atom. The Morgan fingerprint density at radius 1 is 1.22 bits per heavy atom. The molecule has 3 rings (SSSR count). The average Bonchev–Trinajstić information content (AvgIpc) is 2.57. The zero-order valence-corrected chi connectivity index (χ0v) is 14.1. The van der Waals surface area contributed by atoms with Gasteiger partial charge in [-0.1, -0.05) is 17.7 Å². The third kappa shape index (κ3) is 4.24. The number of piperidine rings is 1. The van der Waals surface area contributed by atoms with Gasteiger partial charge in [-0.05, 0) is 31.9 Å². The maximum atomic E-state index is 11.4. The number of likely N-dealkylation sites (N-methyl/N-ethyl adjacent to an activating group) is 1. The van der Waals surface area contributed by atoms with Gasteiger partial charge >= 0.3 is 0 Å². The van der Waals surface area contributed by atoms with Crippen LogP contribution in [0.25, 0.3) is 0 Å². The number of hydrogen-bond acceptors (Lipinski definition) is 4. The van der Waals surface area contributed by atoms with E-state index in [0.717, 1.165) is 32.5 Å². The number of carbonyl (C=O) groups excluding carboxylic acids is 1. The number of rotatable bonds is 4. The molecule has 0 aromatic heterocycles. The molecule has 126 valence electrons. The second kappa shape index (κ2) is 7.32. The number of nitrogens with one attached hydrogen (secondary N) is 1. The van der Waals surface area contributed by atoms with Gasteiger partial charge in [-0.25, -0.2) is 0 Å². The zero-order chi connectivity index (χ0) is 16.2. The van der Waals surface area contributed by atoms with Gasteiger partial charge in [0.25, 0.3) is 0 Å². The van der Waals surface area contributed by atoms with E-state index in [0.29, 0.717) is 12.6 Å². The Hall–Kier alpha value is -1.59. The molecular formula is C18H27N3O2. The fourth-order valence-electron chi connectivity index (χ4n) is 3.28. The number of amides is 1. The van der Waals surface area contributed by atoms with Gasteiger partial charge in [0, 0.05) is 45.0 Å². The minimum atomic E-state index is 0.0765. The number of hydrogen-bond donors (Lipinski definition) is 1. The minimum Gasteiger partial charge on any atom is -0.371 e. The van der Waals surface area contributed by atoms with Crippen LogP contribution in [-0.4, -0.2) is 62.8 Å². The molecule has 2 heterocycles. The molecule has 0 unspecified atom stereocenters. The van der Waals surface area contributed by atoms with Crippen LogP contribution in [0.4, 0.5) is 5.69 Å². The molecule has 1 amide bonds. The van der Waals surface area contributed by atoms with Crippen LogP contribution in [0.2, 0.25) is 0 Å². The molecule has 0 spiro atoms. The van der Waals surface area contributed by atoms with Crippen LogP contribution in [0.1, 0.15) is 18.4 Å². The van der Waals surface area contributed by atoms with Crippen molar-refractivity contribution >= 4 is 11.6 Å². The summed E-state index contributed by atoms with van der Waals surface area (Å²) in [5.74, 6) is 0.0765. The molecule has 1 N–H and O–H groups in total. The highest BCUT2D eigenvalue weighted by Gasteiger charge is 2.25. The highest BCUT2D eigenvalue weighted by Crippen LogP contribution is 2.20. The van der Waals surface area contributed by atoms with E-state index in [9.17, 15) is 4.79 Å². The second-order valence-electron chi connectivity index (χ2n) is 6.71. The van der Waals surface area contributed by atoms with Gasteiger partial charge in [-0.15, -0.1) is 0 Å². The van der Waals surface area contributed by atoms with E-state index in [1.807, 2.05) is 7.05 Å². The maximum absolute atomic E-state index is 11.4. The normalized spacial score (nSPS) is 23.4. The third-order valence-corrected chi connectivity index (χ3v) is 4.87. The molecule has 2 aliphatic heterocycles. The molecule has 1 atom stereocenters. The van der Waals surface area contributed by atoms with Crippen LogP contribution >= 0.6 is 0 Å². The number of carbonyl (C=O) groups is 1. The highest BCUT2D eigenvalue weighted by atomic mass is 16.5. The van der Waals surface area contributed by atoms with Crippen molar-refractivity contribution in [3.8, 4) is 0 Å². The van der Waals surface area contributed by atoms with Crippen molar-refractivity contribution in [2.24, 2.45) is 0 Å². The molecule has 1 aromatic carbocycles. The van der Waals surface area contributed by atoms with Crippen LogP contribution in [0.3, 0.4) is 0 Å². The third-order valence-electron chi connectivity index (χ3n) is 4.87. The van der Waals surface area contributed by atoms with E-state index in [1.165, 1.54) is 11.3 Å². The lowest BCUT2D eigenvalue weighted by Gasteiger charge is -2.36. The molecule has 0 saturated carbocycles. The Labute approximate surface area is 138 Å². The molecule has 0 aliphatic carbocycles. The van der Waals surface area contributed by atoms with E-state index < -0.39 is 0 Å². The van der Waals surface area contributed by atoms with Crippen LogP contribution in [0.15, 0.2) is 24.3 Å². The number of ether oxygens (including phenoxy) is 1. The van der Waals surface area contributed by atoms with Crippen molar-refractivity contribution in [1.82, 2.24) is 10.2 Å². The first-order valence-electron chi connectivity index (χ1n) is 8.52. The summed E-state index contributed by atoms with van der Waals surface area (Å²) in [6.07, 6.45) is 2.41. The van der Waals surface area contributed by atoms with Gasteiger partial charge in [0.05, 0.1) is 6.10 Å². The van der Waals surface area contributed by atoms with Crippen molar-refractivity contribution < 1.29 is 9.53 Å². The lowest BCUT2D eigenvalue weighted by molar-refractivity contribution is -0.146. The first-order chi connectivity index (χ1) is 11.1. The largest absolute Gasteiger partial charge is 0.371 e. The standard InChI is InChI=1S/C18H27N3O2/c1-14-3-5-16(6-4-14)21-9-7-15(8-10-21)19-11-17-12-20(2)18(22)13-23-17/h3-6,15,17,19H,7-13H2,1-2H3/t17-/m1/s1. The van der Waals surface area contributed by atoms with Crippen molar-refractivity contribution in [2.75, 3.05) is 44.7 Å². The summed E-state index contributed by atoms with van der Waals surface area (Å²) in [7, 11) is 1.85. The number of anilines is 1. The monoisotopic (exact) mass is 317 g/mol. The Morgan fingerprint density at radius 2 is 1.91 bits per heavy atom. The Balaban J connectivity index is 1.41. The van der Waals surface area contributed by atoms with E-state index in [2.05, 4.69) is 41.4 Å². The van der Waals surface area contributed by atoms with Crippen molar-refractivity contribution in [3.05, 3.63) is 29.8 Å². The van der Waals surface area contributed by atoms with Gasteiger partial charge in [-0.2, -0.15) is 0 Å². The summed E-state index contributed by atoms with van der Waals surface area (Å²) in [4.78, 5) is 15.6. The minimum absolute atomic E-state index is 0.0765. The highest BCUT2D eigenvalue weighted by molar-refractivity contribution is 5.77. The van der Waals surface area contributed by atoms with Crippen LogP contribution in [0, 0.1) is 6.92 Å². The van der Waals surface area contributed by atoms with Gasteiger partial charge in [0.15, 0.2) is 0 Å². The maximum Gasteiger partial charge on any atom is 0.248 e. The first kappa shape index (κ1) is 16.3. The predicted molar refractivity (Wildman–Crippen MR) is 91.8 cm³/mol. The Bertz CT molecular complexity index is 524. The first-order valence-corrected chi connectivity index (χ1v) is 8.52. The summed E-state index contributed by atoms with van der Waals surface area (Å²) in [6, 6.07) is 9.33. The molecule has 2 fully saturated rings. The van der Waals surface area contributed by atoms with Crippen LogP contribution in [0.5, 0.6) is 0 Å². The molecule has 23 heavy (non-hydrogen) atoms. The number of aryl methyl sites for hydroxylation is 1. The van der Waals surface area contributed by atoms with Crippen molar-refractivity contribution in [2.45, 2.75) is 31.9 Å². The predicted octanol–water partition coefficient (Wildman–Crippen LogP) is 1.41. The quantitative estimate of drug-likeness (QED) is 0.912. The summed E-state index contributed by atoms with van der Waals surface area (Å²) >= 11 is 0. The van der Waals surface area contributed by atoms with E-state index in [4.69, 9.17) is 4.74 Å². The molecular weight excluding hydrogens is 290 g/mol. The van der Waals surface area contributed by atoms with Gasteiger partial charge in [0.1, 0.15) is 6.61 Å². The molecule has 2 saturated heterocycles. The second-order valence-corrected chi connectivity index (χ2v) is 6.71. The summed E-state index contributed by atoms with van der Waals surface area (Å²) in [5.41, 5.74) is 2.63. The van der Waals surface area contributed by atoms with E-state index in [1.54, 1.807) is 4.90 Å². The SMILES string of the molecule is Cc1ccc(N2CCC(NC[C@@H]3CN(C)C(=O)CO3)CC2)cc1. The molecule has 0 radical (unpaired) electrons. The van der Waals surface area contributed by atoms with Crippen molar-refractivity contribution in [1.29, 1.82) is 0 Å². The van der Waals surface area contributed by atoms with Gasteiger partial charge in [-0.3, -0.25) is 4.79 Å². The van der Waals surface area contributed by atoms with Crippen LogP contribution < -0.4 is 10.2 Å². The Kier molecular flexibility index (Phi) is 5.18. The molecule has 0 bridgehead atoms. The molecule has 2 aliphatic rings. The lowest BCUT2D eigenvalue weighted by atomic mass is 10.0. The topological polar surface area (TPSA) is 44.8 Å². The lowest BCUT2D eigenvalue weighted by Crippen LogP contribution is -2.51. The summed E-state index contributed by atoms with van der Waals surface area (Å²) in [5, 5.41) is 3.62. The van der Waals surface area contributed by atoms with Crippen molar-refractivity contribution in [3.63, 3.8) is 0 Å². The van der Waals surface area contributed by atoms with E-state index >= 15 is 0 Å². The zero-order valence-electron chi connectivity index (χ0n) is 14.1. The molecule has 1 aromatic rings. The fourth-order valence-corrected chi connectivity index (χ4v) is 3.28. The summed E-state index contributed by atoms with van der Waals surface area (Å²) < 4.78 is 5.59. The van der Waals surface area contributed by atoms with Gasteiger partial charge in [0.2, 0.25) is 5.91 Å².